The number of carbonyl (C=O) groups excluding carboxylic acids is 1. The predicted octanol–water partition coefficient (Wildman–Crippen LogP) is 4.16. The van der Waals surface area contributed by atoms with Gasteiger partial charge in [0, 0.05) is 11.8 Å². The average Bonchev–Trinajstić information content (AvgIpc) is 3.25. The Balaban J connectivity index is 1.88. The number of imidazole rings is 1. The molecule has 1 amide bonds. The molecule has 5 heteroatoms. The Bertz CT molecular complexity index is 1000. The molecule has 0 radical (unpaired) electrons. The van der Waals surface area contributed by atoms with Crippen molar-refractivity contribution in [2.45, 2.75) is 6.92 Å². The van der Waals surface area contributed by atoms with Gasteiger partial charge >= 0.3 is 0 Å². The molecule has 4 rings (SSSR count). The highest BCUT2D eigenvalue weighted by Crippen LogP contribution is 2.30. The lowest BCUT2D eigenvalue weighted by Gasteiger charge is -2.07. The van der Waals surface area contributed by atoms with E-state index in [9.17, 15) is 4.79 Å². The molecule has 0 bridgehead atoms. The summed E-state index contributed by atoms with van der Waals surface area (Å²) in [6.07, 6.45) is 4.80. The summed E-state index contributed by atoms with van der Waals surface area (Å²) in [5, 5.41) is 2.96. The number of hydrogen-bond acceptors (Lipinski definition) is 3. The standard InChI is InChI=1S/C19H15N3O2/c1-13-6-5-10-22-17(13)20-16(14-7-3-2-4-8-14)18(22)21-19(23)15-9-11-24-12-15/h2-12H,1H3,(H,21,23). The van der Waals surface area contributed by atoms with Crippen molar-refractivity contribution in [2.24, 2.45) is 0 Å². The first-order chi connectivity index (χ1) is 11.7. The average molecular weight is 317 g/mol. The predicted molar refractivity (Wildman–Crippen MR) is 92.0 cm³/mol. The Morgan fingerprint density at radius 1 is 1.12 bits per heavy atom. The quantitative estimate of drug-likeness (QED) is 0.617. The van der Waals surface area contributed by atoms with Crippen molar-refractivity contribution >= 4 is 17.4 Å². The lowest BCUT2D eigenvalue weighted by Crippen LogP contribution is -2.13. The van der Waals surface area contributed by atoms with Gasteiger partial charge in [0.1, 0.15) is 23.4 Å². The monoisotopic (exact) mass is 317 g/mol. The molecule has 5 nitrogen and oxygen atoms in total. The number of nitrogens with zero attached hydrogens (tertiary/aromatic N) is 2. The summed E-state index contributed by atoms with van der Waals surface area (Å²) in [4.78, 5) is 17.2. The maximum Gasteiger partial charge on any atom is 0.260 e. The van der Waals surface area contributed by atoms with Gasteiger partial charge in [0.2, 0.25) is 0 Å². The van der Waals surface area contributed by atoms with Gasteiger partial charge in [0.15, 0.2) is 0 Å². The number of aryl methyl sites for hydroxylation is 1. The highest BCUT2D eigenvalue weighted by Gasteiger charge is 2.18. The molecule has 3 aromatic heterocycles. The molecule has 4 aromatic rings. The van der Waals surface area contributed by atoms with Crippen LogP contribution in [0.5, 0.6) is 0 Å². The van der Waals surface area contributed by atoms with E-state index in [0.29, 0.717) is 11.4 Å². The maximum absolute atomic E-state index is 12.5. The molecule has 118 valence electrons. The van der Waals surface area contributed by atoms with E-state index in [-0.39, 0.29) is 5.91 Å². The SMILES string of the molecule is Cc1cccn2c(NC(=O)c3ccoc3)c(-c3ccccc3)nc12. The molecule has 0 saturated carbocycles. The molecule has 24 heavy (non-hydrogen) atoms. The molecule has 0 unspecified atom stereocenters. The van der Waals surface area contributed by atoms with Crippen LogP contribution in [-0.4, -0.2) is 15.3 Å². The zero-order valence-corrected chi connectivity index (χ0v) is 13.1. The van der Waals surface area contributed by atoms with E-state index in [4.69, 9.17) is 9.40 Å². The van der Waals surface area contributed by atoms with E-state index in [0.717, 1.165) is 22.5 Å². The smallest absolute Gasteiger partial charge is 0.260 e. The Hall–Kier alpha value is -3.34. The number of nitrogens with one attached hydrogen (secondary N) is 1. The summed E-state index contributed by atoms with van der Waals surface area (Å²) in [6.45, 7) is 2.00. The van der Waals surface area contributed by atoms with E-state index in [1.165, 1.54) is 12.5 Å². The summed E-state index contributed by atoms with van der Waals surface area (Å²) >= 11 is 0. The molecule has 1 N–H and O–H groups in total. The Morgan fingerprint density at radius 2 is 1.96 bits per heavy atom. The Kier molecular flexibility index (Phi) is 3.39. The molecule has 0 saturated heterocycles. The third-order valence-electron chi connectivity index (χ3n) is 3.91. The fourth-order valence-electron chi connectivity index (χ4n) is 2.69. The molecule has 0 fully saturated rings. The van der Waals surface area contributed by atoms with Gasteiger partial charge in [-0.15, -0.1) is 0 Å². The Labute approximate surface area is 138 Å². The van der Waals surface area contributed by atoms with Gasteiger partial charge in [0.25, 0.3) is 5.91 Å². The van der Waals surface area contributed by atoms with Gasteiger partial charge < -0.3 is 9.73 Å². The minimum absolute atomic E-state index is 0.232. The van der Waals surface area contributed by atoms with E-state index in [2.05, 4.69) is 5.32 Å². The highest BCUT2D eigenvalue weighted by molar-refractivity contribution is 6.05. The third-order valence-corrected chi connectivity index (χ3v) is 3.91. The first-order valence-corrected chi connectivity index (χ1v) is 7.60. The Morgan fingerprint density at radius 3 is 2.71 bits per heavy atom. The van der Waals surface area contributed by atoms with E-state index in [1.807, 2.05) is 60.0 Å². The first kappa shape index (κ1) is 14.3. The van der Waals surface area contributed by atoms with Crippen LogP contribution < -0.4 is 5.32 Å². The van der Waals surface area contributed by atoms with Gasteiger partial charge in [-0.1, -0.05) is 36.4 Å². The van der Waals surface area contributed by atoms with Crippen molar-refractivity contribution in [3.05, 3.63) is 78.4 Å². The lowest BCUT2D eigenvalue weighted by atomic mass is 10.1. The van der Waals surface area contributed by atoms with Gasteiger partial charge in [-0.2, -0.15) is 0 Å². The number of fused-ring (bicyclic) bond motifs is 1. The third kappa shape index (κ3) is 2.36. The normalized spacial score (nSPS) is 10.9. The van der Waals surface area contributed by atoms with E-state index < -0.39 is 0 Å². The summed E-state index contributed by atoms with van der Waals surface area (Å²) in [7, 11) is 0. The van der Waals surface area contributed by atoms with Crippen LogP contribution in [0.25, 0.3) is 16.9 Å². The molecule has 1 aromatic carbocycles. The topological polar surface area (TPSA) is 59.5 Å². The molecule has 0 atom stereocenters. The number of pyridine rings is 1. The second-order valence-electron chi connectivity index (χ2n) is 5.53. The highest BCUT2D eigenvalue weighted by atomic mass is 16.3. The number of furan rings is 1. The van der Waals surface area contributed by atoms with Crippen molar-refractivity contribution in [3.8, 4) is 11.3 Å². The van der Waals surface area contributed by atoms with Crippen LogP contribution >= 0.6 is 0 Å². The largest absolute Gasteiger partial charge is 0.472 e. The molecule has 3 heterocycles. The lowest BCUT2D eigenvalue weighted by molar-refractivity contribution is 0.102. The maximum atomic E-state index is 12.5. The zero-order valence-electron chi connectivity index (χ0n) is 13.1. The minimum Gasteiger partial charge on any atom is -0.472 e. The molecular formula is C19H15N3O2. The second-order valence-corrected chi connectivity index (χ2v) is 5.53. The van der Waals surface area contributed by atoms with Gasteiger partial charge in [0.05, 0.1) is 11.8 Å². The van der Waals surface area contributed by atoms with Gasteiger partial charge in [-0.25, -0.2) is 4.98 Å². The minimum atomic E-state index is -0.232. The van der Waals surface area contributed by atoms with E-state index in [1.54, 1.807) is 6.07 Å². The summed E-state index contributed by atoms with van der Waals surface area (Å²) < 4.78 is 6.89. The number of hydrogen-bond donors (Lipinski definition) is 1. The van der Waals surface area contributed by atoms with Crippen molar-refractivity contribution in [1.82, 2.24) is 9.38 Å². The molecule has 0 aliphatic rings. The fraction of sp³-hybridized carbons (Fsp3) is 0.0526. The second kappa shape index (κ2) is 5.70. The van der Waals surface area contributed by atoms with Crippen LogP contribution in [-0.2, 0) is 0 Å². The molecule has 0 spiro atoms. The number of anilines is 1. The van der Waals surface area contributed by atoms with Crippen LogP contribution in [0.1, 0.15) is 15.9 Å². The number of benzene rings is 1. The molecule has 0 aliphatic carbocycles. The fourth-order valence-corrected chi connectivity index (χ4v) is 2.69. The summed E-state index contributed by atoms with van der Waals surface area (Å²) in [5.74, 6) is 0.412. The van der Waals surface area contributed by atoms with Gasteiger partial charge in [-0.3, -0.25) is 9.20 Å². The van der Waals surface area contributed by atoms with Gasteiger partial charge in [-0.05, 0) is 24.6 Å². The summed E-state index contributed by atoms with van der Waals surface area (Å²) in [6, 6.07) is 15.4. The van der Waals surface area contributed by atoms with Crippen molar-refractivity contribution in [3.63, 3.8) is 0 Å². The van der Waals surface area contributed by atoms with Crippen LogP contribution in [0.4, 0.5) is 5.82 Å². The van der Waals surface area contributed by atoms with Crippen molar-refractivity contribution < 1.29 is 9.21 Å². The molecule has 0 aliphatic heterocycles. The number of rotatable bonds is 3. The number of aromatic nitrogens is 2. The van der Waals surface area contributed by atoms with E-state index >= 15 is 0 Å². The zero-order chi connectivity index (χ0) is 16.5. The van der Waals surface area contributed by atoms with Crippen molar-refractivity contribution in [2.75, 3.05) is 5.32 Å². The van der Waals surface area contributed by atoms with Crippen LogP contribution in [0.15, 0.2) is 71.7 Å². The molecular weight excluding hydrogens is 302 g/mol. The summed E-state index contributed by atoms with van der Waals surface area (Å²) in [5.41, 5.74) is 4.01. The van der Waals surface area contributed by atoms with Crippen molar-refractivity contribution in [1.29, 1.82) is 0 Å². The van der Waals surface area contributed by atoms with Crippen LogP contribution in [0.2, 0.25) is 0 Å². The first-order valence-electron chi connectivity index (χ1n) is 7.60. The van der Waals surface area contributed by atoms with Crippen LogP contribution in [0, 0.1) is 6.92 Å². The number of carbonyl (C=O) groups is 1. The van der Waals surface area contributed by atoms with Crippen LogP contribution in [0.3, 0.4) is 0 Å². The number of amides is 1.